The van der Waals surface area contributed by atoms with E-state index in [2.05, 4.69) is 90.7 Å². The molecule has 0 fully saturated rings. The third-order valence-corrected chi connectivity index (χ3v) is 6.13. The molecule has 164 valence electrons. The van der Waals surface area contributed by atoms with Gasteiger partial charge in [0.05, 0.1) is 0 Å². The van der Waals surface area contributed by atoms with Crippen molar-refractivity contribution in [3.63, 3.8) is 0 Å². The largest absolute Gasteiger partial charge is 0.399 e. The van der Waals surface area contributed by atoms with Gasteiger partial charge in [-0.3, -0.25) is 0 Å². The summed E-state index contributed by atoms with van der Waals surface area (Å²) in [4.78, 5) is 2.28. The van der Waals surface area contributed by atoms with Gasteiger partial charge >= 0.3 is 0 Å². The van der Waals surface area contributed by atoms with Crippen LogP contribution in [0.25, 0.3) is 10.8 Å². The summed E-state index contributed by atoms with van der Waals surface area (Å²) < 4.78 is 0. The van der Waals surface area contributed by atoms with E-state index in [0.29, 0.717) is 0 Å². The summed E-state index contributed by atoms with van der Waals surface area (Å²) in [5, 5.41) is 2.58. The molecule has 0 saturated heterocycles. The Balaban J connectivity index is 1.56. The fraction of sp³-hybridized carbons (Fsp3) is 0.267. The molecule has 2 N–H and O–H groups in total. The predicted molar refractivity (Wildman–Crippen MR) is 140 cm³/mol. The van der Waals surface area contributed by atoms with Crippen LogP contribution in [0.15, 0.2) is 91.0 Å². The van der Waals surface area contributed by atoms with Gasteiger partial charge in [0, 0.05) is 22.7 Å². The smallest absolute Gasteiger partial charge is 0.0468 e. The first-order valence-electron chi connectivity index (χ1n) is 12.0. The van der Waals surface area contributed by atoms with Crippen molar-refractivity contribution >= 4 is 33.5 Å². The number of hydrogen-bond donors (Lipinski definition) is 1. The number of nitrogens with two attached hydrogens (primary N) is 1. The van der Waals surface area contributed by atoms with Gasteiger partial charge in [-0.2, -0.15) is 0 Å². The second kappa shape index (κ2) is 10.9. The lowest BCUT2D eigenvalue weighted by atomic mass is 10.0. The Bertz CT molecular complexity index is 1120. The monoisotopic (exact) mass is 422 g/mol. The number of unbranched alkanes of at least 4 members (excludes halogenated alkanes) is 5. The van der Waals surface area contributed by atoms with Gasteiger partial charge in [0.1, 0.15) is 0 Å². The first-order chi connectivity index (χ1) is 15.7. The number of anilines is 4. The molecule has 0 aliphatic rings. The fourth-order valence-corrected chi connectivity index (χ4v) is 4.33. The van der Waals surface area contributed by atoms with Gasteiger partial charge in [0.25, 0.3) is 0 Å². The highest BCUT2D eigenvalue weighted by molar-refractivity contribution is 5.89. The highest BCUT2D eigenvalue weighted by atomic mass is 15.1. The average molecular weight is 423 g/mol. The lowest BCUT2D eigenvalue weighted by Gasteiger charge is -2.26. The van der Waals surface area contributed by atoms with Crippen molar-refractivity contribution in [3.8, 4) is 0 Å². The van der Waals surface area contributed by atoms with E-state index in [1.54, 1.807) is 0 Å². The molecule has 0 heterocycles. The standard InChI is InChI=1S/C30H34N2/c1-2-3-4-5-6-8-11-24-14-15-26-23-30(19-16-25(26)22-24)32(28-12-9-7-10-13-28)29-20-17-27(31)18-21-29/h7,9-10,12-23H,2-6,8,11,31H2,1H3. The first kappa shape index (κ1) is 22.0. The van der Waals surface area contributed by atoms with Crippen molar-refractivity contribution in [1.29, 1.82) is 0 Å². The minimum Gasteiger partial charge on any atom is -0.399 e. The highest BCUT2D eigenvalue weighted by Crippen LogP contribution is 2.36. The molecule has 2 heteroatoms. The molecular formula is C30H34N2. The minimum atomic E-state index is 0.776. The van der Waals surface area contributed by atoms with Crippen LogP contribution >= 0.6 is 0 Å². The molecule has 32 heavy (non-hydrogen) atoms. The van der Waals surface area contributed by atoms with Gasteiger partial charge in [-0.25, -0.2) is 0 Å². The maximum atomic E-state index is 5.94. The third kappa shape index (κ3) is 5.50. The lowest BCUT2D eigenvalue weighted by Crippen LogP contribution is -2.09. The summed E-state index contributed by atoms with van der Waals surface area (Å²) in [6.45, 7) is 2.27. The summed E-state index contributed by atoms with van der Waals surface area (Å²) in [6.07, 6.45) is 9.22. The number of benzene rings is 4. The summed E-state index contributed by atoms with van der Waals surface area (Å²) >= 11 is 0. The molecule has 0 aromatic heterocycles. The van der Waals surface area contributed by atoms with E-state index in [1.807, 2.05) is 12.1 Å². The second-order valence-electron chi connectivity index (χ2n) is 8.65. The molecular weight excluding hydrogens is 388 g/mol. The van der Waals surface area contributed by atoms with Gasteiger partial charge in [-0.15, -0.1) is 0 Å². The molecule has 0 unspecified atom stereocenters. The predicted octanol–water partition coefficient (Wildman–Crippen LogP) is 8.79. The van der Waals surface area contributed by atoms with Crippen LogP contribution in [0.3, 0.4) is 0 Å². The Hall–Kier alpha value is -3.26. The molecule has 0 saturated carbocycles. The molecule has 0 bridgehead atoms. The number of para-hydroxylation sites is 1. The molecule has 0 radical (unpaired) electrons. The number of rotatable bonds is 10. The molecule has 0 amide bonds. The molecule has 0 aliphatic heterocycles. The quantitative estimate of drug-likeness (QED) is 0.204. The van der Waals surface area contributed by atoms with Gasteiger partial charge in [-0.05, 0) is 77.7 Å². The number of hydrogen-bond acceptors (Lipinski definition) is 2. The summed E-state index contributed by atoms with van der Waals surface area (Å²) in [7, 11) is 0. The topological polar surface area (TPSA) is 29.3 Å². The first-order valence-corrected chi connectivity index (χ1v) is 12.0. The van der Waals surface area contributed by atoms with E-state index >= 15 is 0 Å². The molecule has 0 spiro atoms. The molecule has 4 rings (SSSR count). The average Bonchev–Trinajstić information content (AvgIpc) is 2.83. The SMILES string of the molecule is CCCCCCCCc1ccc2cc(N(c3ccccc3)c3ccc(N)cc3)ccc2c1. The van der Waals surface area contributed by atoms with Crippen LogP contribution in [0.4, 0.5) is 22.7 Å². The zero-order valence-electron chi connectivity index (χ0n) is 19.1. The third-order valence-electron chi connectivity index (χ3n) is 6.13. The van der Waals surface area contributed by atoms with Gasteiger partial charge in [-0.1, -0.05) is 81.5 Å². The summed E-state index contributed by atoms with van der Waals surface area (Å²) in [6, 6.07) is 32.3. The number of nitrogens with zero attached hydrogens (tertiary/aromatic N) is 1. The van der Waals surface area contributed by atoms with Crippen LogP contribution in [-0.4, -0.2) is 0 Å². The van der Waals surface area contributed by atoms with Gasteiger partial charge in [0.15, 0.2) is 0 Å². The van der Waals surface area contributed by atoms with Crippen LogP contribution in [0.5, 0.6) is 0 Å². The van der Waals surface area contributed by atoms with E-state index in [9.17, 15) is 0 Å². The number of aryl methyl sites for hydroxylation is 1. The summed E-state index contributed by atoms with van der Waals surface area (Å²) in [5.74, 6) is 0. The van der Waals surface area contributed by atoms with Gasteiger partial charge in [0.2, 0.25) is 0 Å². The Morgan fingerprint density at radius 2 is 1.22 bits per heavy atom. The molecule has 0 atom stereocenters. The fourth-order valence-electron chi connectivity index (χ4n) is 4.33. The van der Waals surface area contributed by atoms with Crippen molar-refractivity contribution in [2.45, 2.75) is 51.9 Å². The Morgan fingerprint density at radius 3 is 2.00 bits per heavy atom. The highest BCUT2D eigenvalue weighted by Gasteiger charge is 2.12. The van der Waals surface area contributed by atoms with Crippen LogP contribution in [-0.2, 0) is 6.42 Å². The van der Waals surface area contributed by atoms with E-state index in [-0.39, 0.29) is 0 Å². The minimum absolute atomic E-state index is 0.776. The Kier molecular flexibility index (Phi) is 7.45. The second-order valence-corrected chi connectivity index (χ2v) is 8.65. The zero-order valence-corrected chi connectivity index (χ0v) is 19.1. The van der Waals surface area contributed by atoms with E-state index < -0.39 is 0 Å². The zero-order chi connectivity index (χ0) is 22.2. The van der Waals surface area contributed by atoms with E-state index in [0.717, 1.165) is 22.7 Å². The van der Waals surface area contributed by atoms with E-state index in [1.165, 1.54) is 61.3 Å². The Morgan fingerprint density at radius 1 is 0.594 bits per heavy atom. The van der Waals surface area contributed by atoms with Crippen molar-refractivity contribution in [2.75, 3.05) is 10.6 Å². The van der Waals surface area contributed by atoms with Crippen molar-refractivity contribution < 1.29 is 0 Å². The van der Waals surface area contributed by atoms with Gasteiger partial charge < -0.3 is 10.6 Å². The molecule has 0 aliphatic carbocycles. The summed E-state index contributed by atoms with van der Waals surface area (Å²) in [5.41, 5.74) is 11.5. The van der Waals surface area contributed by atoms with Crippen LogP contribution in [0.1, 0.15) is 51.0 Å². The number of fused-ring (bicyclic) bond motifs is 1. The maximum Gasteiger partial charge on any atom is 0.0468 e. The normalized spacial score (nSPS) is 11.0. The van der Waals surface area contributed by atoms with E-state index in [4.69, 9.17) is 5.73 Å². The van der Waals surface area contributed by atoms with Crippen molar-refractivity contribution in [1.82, 2.24) is 0 Å². The van der Waals surface area contributed by atoms with Crippen LogP contribution < -0.4 is 10.6 Å². The van der Waals surface area contributed by atoms with Crippen molar-refractivity contribution in [3.05, 3.63) is 96.6 Å². The van der Waals surface area contributed by atoms with Crippen LogP contribution in [0.2, 0.25) is 0 Å². The molecule has 4 aromatic carbocycles. The van der Waals surface area contributed by atoms with Crippen molar-refractivity contribution in [2.24, 2.45) is 0 Å². The Labute approximate surface area is 192 Å². The lowest BCUT2D eigenvalue weighted by molar-refractivity contribution is 0.607. The molecule has 4 aromatic rings. The number of nitrogen functional groups attached to an aromatic ring is 1. The van der Waals surface area contributed by atoms with Crippen LogP contribution in [0, 0.1) is 0 Å². The molecule has 2 nitrogen and oxygen atoms in total. The maximum absolute atomic E-state index is 5.94.